The van der Waals surface area contributed by atoms with Gasteiger partial charge in [0, 0.05) is 0 Å². The average molecular weight is 206 g/mol. The van der Waals surface area contributed by atoms with E-state index in [4.69, 9.17) is 0 Å². The summed E-state index contributed by atoms with van der Waals surface area (Å²) in [5, 5.41) is 0. The van der Waals surface area contributed by atoms with Gasteiger partial charge in [-0.1, -0.05) is 26.0 Å². The van der Waals surface area contributed by atoms with Crippen molar-refractivity contribution in [2.75, 3.05) is 0 Å². The molecule has 1 aromatic rings. The Morgan fingerprint density at radius 3 is 2.07 bits per heavy atom. The van der Waals surface area contributed by atoms with Crippen LogP contribution < -0.4 is 0 Å². The second-order valence-corrected chi connectivity index (χ2v) is 5.03. The van der Waals surface area contributed by atoms with Gasteiger partial charge in [-0.2, -0.15) is 0 Å². The summed E-state index contributed by atoms with van der Waals surface area (Å²) in [6.07, 6.45) is 0.862. The lowest BCUT2D eigenvalue weighted by Gasteiger charge is -2.17. The number of carbonyl (C=O) groups is 1. The number of carbonyl (C=O) groups excluding carboxylic acids is 1. The molecule has 1 unspecified atom stereocenters. The van der Waals surface area contributed by atoms with Crippen LogP contribution in [0.4, 0.5) is 4.39 Å². The molecule has 0 aromatic heterocycles. The number of Topliss-reactive ketones (excluding diaryl/α,β-unsaturated/α-hetero) is 1. The van der Waals surface area contributed by atoms with Gasteiger partial charge in [0.05, 0.1) is 5.41 Å². The van der Waals surface area contributed by atoms with Gasteiger partial charge in [-0.3, -0.25) is 4.79 Å². The van der Waals surface area contributed by atoms with Gasteiger partial charge in [-0.25, -0.2) is 4.39 Å². The minimum absolute atomic E-state index is 0.0106. The van der Waals surface area contributed by atoms with E-state index in [1.165, 1.54) is 12.1 Å². The van der Waals surface area contributed by atoms with E-state index in [-0.39, 0.29) is 22.4 Å². The highest BCUT2D eigenvalue weighted by Gasteiger charge is 2.65. The van der Waals surface area contributed by atoms with Crippen molar-refractivity contribution in [3.05, 3.63) is 35.6 Å². The van der Waals surface area contributed by atoms with Crippen LogP contribution in [0.3, 0.4) is 0 Å². The lowest BCUT2D eigenvalue weighted by Crippen LogP contribution is -2.23. The average Bonchev–Trinajstić information content (AvgIpc) is 2.72. The number of halogens is 1. The first-order chi connectivity index (χ1) is 6.90. The standard InChI is InChI=1S/C13H15FO/c1-9(15)13(8-12(13,2)3)10-4-6-11(14)7-5-10/h4-7H,8H2,1-3H3. The lowest BCUT2D eigenvalue weighted by atomic mass is 9.85. The van der Waals surface area contributed by atoms with Crippen LogP contribution in [0.15, 0.2) is 24.3 Å². The van der Waals surface area contributed by atoms with E-state index in [0.29, 0.717) is 0 Å². The highest BCUT2D eigenvalue weighted by atomic mass is 19.1. The first kappa shape index (κ1) is 10.3. The van der Waals surface area contributed by atoms with Gasteiger partial charge >= 0.3 is 0 Å². The lowest BCUT2D eigenvalue weighted by molar-refractivity contribution is -0.120. The third kappa shape index (κ3) is 1.31. The summed E-state index contributed by atoms with van der Waals surface area (Å²) in [4.78, 5) is 11.7. The molecule has 1 saturated carbocycles. The summed E-state index contributed by atoms with van der Waals surface area (Å²) >= 11 is 0. The van der Waals surface area contributed by atoms with Crippen molar-refractivity contribution in [1.29, 1.82) is 0 Å². The Labute approximate surface area is 89.3 Å². The van der Waals surface area contributed by atoms with Crippen LogP contribution >= 0.6 is 0 Å². The largest absolute Gasteiger partial charge is 0.299 e. The number of rotatable bonds is 2. The van der Waals surface area contributed by atoms with E-state index in [2.05, 4.69) is 13.8 Å². The normalized spacial score (nSPS) is 27.5. The first-order valence-corrected chi connectivity index (χ1v) is 5.17. The van der Waals surface area contributed by atoms with E-state index in [1.54, 1.807) is 19.1 Å². The van der Waals surface area contributed by atoms with Crippen molar-refractivity contribution >= 4 is 5.78 Å². The molecule has 1 aliphatic carbocycles. The Morgan fingerprint density at radius 1 is 1.27 bits per heavy atom. The summed E-state index contributed by atoms with van der Waals surface area (Å²) in [6.45, 7) is 5.79. The van der Waals surface area contributed by atoms with Crippen molar-refractivity contribution in [3.63, 3.8) is 0 Å². The molecule has 0 saturated heterocycles. The molecule has 1 aromatic carbocycles. The topological polar surface area (TPSA) is 17.1 Å². The fourth-order valence-corrected chi connectivity index (χ4v) is 2.65. The zero-order chi connectivity index (χ0) is 11.3. The van der Waals surface area contributed by atoms with Crippen molar-refractivity contribution in [3.8, 4) is 0 Å². The number of ketones is 1. The summed E-state index contributed by atoms with van der Waals surface area (Å²) < 4.78 is 12.8. The summed E-state index contributed by atoms with van der Waals surface area (Å²) in [7, 11) is 0. The SMILES string of the molecule is CC(=O)C1(c2ccc(F)cc2)CC1(C)C. The first-order valence-electron chi connectivity index (χ1n) is 5.17. The molecule has 2 rings (SSSR count). The molecule has 15 heavy (non-hydrogen) atoms. The van der Waals surface area contributed by atoms with Gasteiger partial charge in [0.1, 0.15) is 11.6 Å². The number of hydrogen-bond donors (Lipinski definition) is 0. The zero-order valence-corrected chi connectivity index (χ0v) is 9.30. The fourth-order valence-electron chi connectivity index (χ4n) is 2.65. The van der Waals surface area contributed by atoms with Crippen LogP contribution in [0.25, 0.3) is 0 Å². The quantitative estimate of drug-likeness (QED) is 0.726. The fraction of sp³-hybridized carbons (Fsp3) is 0.462. The highest BCUT2D eigenvalue weighted by molar-refractivity contribution is 5.92. The van der Waals surface area contributed by atoms with Crippen LogP contribution in [-0.2, 0) is 10.2 Å². The Morgan fingerprint density at radius 2 is 1.73 bits per heavy atom. The maximum Gasteiger partial charge on any atom is 0.140 e. The summed E-state index contributed by atoms with van der Waals surface area (Å²) in [6, 6.07) is 6.31. The van der Waals surface area contributed by atoms with Gasteiger partial charge in [0.15, 0.2) is 0 Å². The van der Waals surface area contributed by atoms with Crippen LogP contribution in [0.5, 0.6) is 0 Å². The molecule has 0 N–H and O–H groups in total. The maximum atomic E-state index is 12.8. The monoisotopic (exact) mass is 206 g/mol. The predicted octanol–water partition coefficient (Wildman–Crippen LogP) is 3.08. The van der Waals surface area contributed by atoms with Crippen LogP contribution in [0, 0.1) is 11.2 Å². The third-order valence-corrected chi connectivity index (χ3v) is 3.68. The molecule has 80 valence electrons. The molecule has 0 spiro atoms. The van der Waals surface area contributed by atoms with E-state index in [9.17, 15) is 9.18 Å². The Balaban J connectivity index is 2.45. The molecule has 2 heteroatoms. The minimum Gasteiger partial charge on any atom is -0.299 e. The second-order valence-electron chi connectivity index (χ2n) is 5.03. The molecule has 0 bridgehead atoms. The molecule has 1 fully saturated rings. The Kier molecular flexibility index (Phi) is 2.00. The van der Waals surface area contributed by atoms with Crippen molar-refractivity contribution < 1.29 is 9.18 Å². The minimum atomic E-state index is -0.374. The number of benzene rings is 1. The van der Waals surface area contributed by atoms with Gasteiger partial charge in [0.25, 0.3) is 0 Å². The van der Waals surface area contributed by atoms with Crippen molar-refractivity contribution in [2.24, 2.45) is 5.41 Å². The Hall–Kier alpha value is -1.18. The molecular formula is C13H15FO. The highest BCUT2D eigenvalue weighted by Crippen LogP contribution is 2.64. The molecule has 1 aliphatic rings. The third-order valence-electron chi connectivity index (χ3n) is 3.68. The molecule has 0 aliphatic heterocycles. The molecule has 0 heterocycles. The zero-order valence-electron chi connectivity index (χ0n) is 9.30. The van der Waals surface area contributed by atoms with E-state index < -0.39 is 0 Å². The molecule has 1 atom stereocenters. The van der Waals surface area contributed by atoms with Crippen LogP contribution in [-0.4, -0.2) is 5.78 Å². The molecular weight excluding hydrogens is 191 g/mol. The summed E-state index contributed by atoms with van der Waals surface area (Å²) in [5.41, 5.74) is 0.582. The van der Waals surface area contributed by atoms with Gasteiger partial charge in [0.2, 0.25) is 0 Å². The van der Waals surface area contributed by atoms with Crippen LogP contribution in [0.1, 0.15) is 32.8 Å². The molecule has 0 radical (unpaired) electrons. The van der Waals surface area contributed by atoms with Crippen LogP contribution in [0.2, 0.25) is 0 Å². The number of hydrogen-bond acceptors (Lipinski definition) is 1. The molecule has 0 amide bonds. The summed E-state index contributed by atoms with van der Waals surface area (Å²) in [5.74, 6) is -0.0741. The van der Waals surface area contributed by atoms with E-state index in [0.717, 1.165) is 12.0 Å². The van der Waals surface area contributed by atoms with Gasteiger partial charge in [-0.15, -0.1) is 0 Å². The Bertz CT molecular complexity index is 405. The molecule has 1 nitrogen and oxygen atoms in total. The smallest absolute Gasteiger partial charge is 0.140 e. The van der Waals surface area contributed by atoms with Gasteiger partial charge in [-0.05, 0) is 36.5 Å². The van der Waals surface area contributed by atoms with Crippen molar-refractivity contribution in [2.45, 2.75) is 32.6 Å². The van der Waals surface area contributed by atoms with E-state index >= 15 is 0 Å². The van der Waals surface area contributed by atoms with E-state index in [1.807, 2.05) is 0 Å². The van der Waals surface area contributed by atoms with Crippen molar-refractivity contribution in [1.82, 2.24) is 0 Å². The predicted molar refractivity (Wildman–Crippen MR) is 57.2 cm³/mol. The maximum absolute atomic E-state index is 12.8. The van der Waals surface area contributed by atoms with Gasteiger partial charge < -0.3 is 0 Å². The second kappa shape index (κ2) is 2.91.